The Morgan fingerprint density at radius 2 is 1.56 bits per heavy atom. The number of ether oxygens (including phenoxy) is 1. The maximum Gasteiger partial charge on any atom is 0.289 e. The first-order valence-corrected chi connectivity index (χ1v) is 12.1. The third-order valence-electron chi connectivity index (χ3n) is 5.36. The molecule has 2 heterocycles. The van der Waals surface area contributed by atoms with Crippen molar-refractivity contribution >= 4 is 63.9 Å². The lowest BCUT2D eigenvalue weighted by Gasteiger charge is -2.34. The summed E-state index contributed by atoms with van der Waals surface area (Å²) in [6, 6.07) is 9.75. The molecule has 2 aromatic carbocycles. The summed E-state index contributed by atoms with van der Waals surface area (Å²) in [7, 11) is 0. The lowest BCUT2D eigenvalue weighted by molar-refractivity contribution is 0.0594. The van der Waals surface area contributed by atoms with Crippen molar-refractivity contribution in [3.63, 3.8) is 0 Å². The van der Waals surface area contributed by atoms with Crippen LogP contribution in [0.5, 0.6) is 5.75 Å². The van der Waals surface area contributed by atoms with Crippen molar-refractivity contribution in [1.29, 1.82) is 0 Å². The zero-order chi connectivity index (χ0) is 24.4. The van der Waals surface area contributed by atoms with Crippen molar-refractivity contribution in [2.45, 2.75) is 13.2 Å². The van der Waals surface area contributed by atoms with Gasteiger partial charge in [-0.05, 0) is 29.8 Å². The van der Waals surface area contributed by atoms with Crippen molar-refractivity contribution in [3.8, 4) is 5.75 Å². The van der Waals surface area contributed by atoms with E-state index in [-0.39, 0.29) is 55.0 Å². The van der Waals surface area contributed by atoms with Gasteiger partial charge in [-0.2, -0.15) is 0 Å². The van der Waals surface area contributed by atoms with E-state index in [9.17, 15) is 9.18 Å². The third kappa shape index (κ3) is 5.59. The molecule has 0 radical (unpaired) electrons. The second kappa shape index (κ2) is 10.9. The Kier molecular flexibility index (Phi) is 8.18. The molecule has 0 atom stereocenters. The maximum atomic E-state index is 13.4. The summed E-state index contributed by atoms with van der Waals surface area (Å²) >= 11 is 30.4. The van der Waals surface area contributed by atoms with Gasteiger partial charge in [0.2, 0.25) is 0 Å². The minimum Gasteiger partial charge on any atom is -0.482 e. The molecule has 0 aliphatic carbocycles. The molecule has 0 saturated carbocycles. The van der Waals surface area contributed by atoms with Crippen LogP contribution in [0, 0.1) is 5.82 Å². The minimum absolute atomic E-state index is 0.0274. The smallest absolute Gasteiger partial charge is 0.289 e. The molecule has 1 aliphatic heterocycles. The third-order valence-corrected chi connectivity index (χ3v) is 7.60. The van der Waals surface area contributed by atoms with E-state index < -0.39 is 0 Å². The van der Waals surface area contributed by atoms with Crippen molar-refractivity contribution in [2.75, 3.05) is 26.2 Å². The van der Waals surface area contributed by atoms with Gasteiger partial charge in [-0.25, -0.2) is 4.39 Å². The first-order valence-electron chi connectivity index (χ1n) is 10.2. The molecule has 11 heteroatoms. The number of rotatable bonds is 6. The fraction of sp³-hybridized carbons (Fsp3) is 0.261. The number of carbonyl (C=O) groups is 1. The van der Waals surface area contributed by atoms with Gasteiger partial charge in [-0.3, -0.25) is 9.69 Å². The molecule has 4 rings (SSSR count). The highest BCUT2D eigenvalue weighted by molar-refractivity contribution is 6.55. The van der Waals surface area contributed by atoms with Crippen LogP contribution in [0.4, 0.5) is 4.39 Å². The first-order chi connectivity index (χ1) is 16.2. The molecular weight excluding hydrogens is 549 g/mol. The van der Waals surface area contributed by atoms with E-state index in [2.05, 4.69) is 4.90 Å². The number of carbonyl (C=O) groups excluding carboxylic acids is 1. The lowest BCUT2D eigenvalue weighted by Crippen LogP contribution is -2.48. The molecule has 1 saturated heterocycles. The van der Waals surface area contributed by atoms with E-state index in [4.69, 9.17) is 67.2 Å². The van der Waals surface area contributed by atoms with Gasteiger partial charge < -0.3 is 14.1 Å². The summed E-state index contributed by atoms with van der Waals surface area (Å²) < 4.78 is 24.7. The number of hydrogen-bond acceptors (Lipinski definition) is 4. The van der Waals surface area contributed by atoms with Crippen LogP contribution < -0.4 is 4.74 Å². The summed E-state index contributed by atoms with van der Waals surface area (Å²) in [6.45, 7) is 3.00. The van der Waals surface area contributed by atoms with Crippen molar-refractivity contribution < 1.29 is 18.3 Å². The number of nitrogens with zero attached hydrogens (tertiary/aromatic N) is 2. The van der Waals surface area contributed by atoms with Gasteiger partial charge in [0.1, 0.15) is 28.2 Å². The van der Waals surface area contributed by atoms with Crippen LogP contribution in [0.15, 0.2) is 40.8 Å². The van der Waals surface area contributed by atoms with Gasteiger partial charge in [0, 0.05) is 32.7 Å². The SMILES string of the molecule is O=C(c1ccc(COc2c(Cl)c(Cl)c(Cl)c(Cl)c2Cl)o1)N1CCN(Cc2cccc(F)c2)CC1. The molecule has 0 bridgehead atoms. The second-order valence-electron chi connectivity index (χ2n) is 7.65. The van der Waals surface area contributed by atoms with Crippen molar-refractivity contribution in [3.05, 3.63) is 84.4 Å². The quantitative estimate of drug-likeness (QED) is 0.233. The largest absolute Gasteiger partial charge is 0.482 e. The van der Waals surface area contributed by atoms with Crippen LogP contribution in [-0.2, 0) is 13.2 Å². The van der Waals surface area contributed by atoms with E-state index in [1.165, 1.54) is 12.1 Å². The van der Waals surface area contributed by atoms with Crippen LogP contribution in [-0.4, -0.2) is 41.9 Å². The van der Waals surface area contributed by atoms with E-state index in [1.54, 1.807) is 23.1 Å². The van der Waals surface area contributed by atoms with E-state index in [0.29, 0.717) is 38.5 Å². The summed E-state index contributed by atoms with van der Waals surface area (Å²) in [5.41, 5.74) is 0.902. The summed E-state index contributed by atoms with van der Waals surface area (Å²) in [5, 5.41) is 0.145. The normalized spacial score (nSPS) is 14.5. The molecule has 1 amide bonds. The van der Waals surface area contributed by atoms with Gasteiger partial charge in [-0.15, -0.1) is 0 Å². The van der Waals surface area contributed by atoms with E-state index in [1.807, 2.05) is 6.07 Å². The fourth-order valence-corrected chi connectivity index (χ4v) is 4.81. The maximum absolute atomic E-state index is 13.4. The highest BCUT2D eigenvalue weighted by Gasteiger charge is 2.25. The molecule has 5 nitrogen and oxygen atoms in total. The monoisotopic (exact) mass is 564 g/mol. The van der Waals surface area contributed by atoms with Crippen molar-refractivity contribution in [1.82, 2.24) is 9.80 Å². The van der Waals surface area contributed by atoms with E-state index >= 15 is 0 Å². The standard InChI is InChI=1S/C23H18Cl5FN2O3/c24-17-18(25)20(27)22(21(28)19(17)26)33-12-15-4-5-16(34-15)23(32)31-8-6-30(7-9-31)11-13-2-1-3-14(29)10-13/h1-5,10H,6-9,11-12H2. The molecule has 1 fully saturated rings. The number of furan rings is 1. The topological polar surface area (TPSA) is 45.9 Å². The van der Waals surface area contributed by atoms with Crippen LogP contribution in [0.3, 0.4) is 0 Å². The molecule has 1 aromatic heterocycles. The molecule has 0 N–H and O–H groups in total. The van der Waals surface area contributed by atoms with Crippen LogP contribution >= 0.6 is 58.0 Å². The fourth-order valence-electron chi connectivity index (χ4n) is 3.58. The van der Waals surface area contributed by atoms with Gasteiger partial charge in [0.15, 0.2) is 11.5 Å². The van der Waals surface area contributed by atoms with Gasteiger partial charge in [0.05, 0.1) is 15.1 Å². The Labute approximate surface area is 220 Å². The summed E-state index contributed by atoms with van der Waals surface area (Å²) in [4.78, 5) is 16.8. The van der Waals surface area contributed by atoms with Gasteiger partial charge >= 0.3 is 0 Å². The lowest BCUT2D eigenvalue weighted by atomic mass is 10.2. The van der Waals surface area contributed by atoms with Crippen LogP contribution in [0.25, 0.3) is 0 Å². The zero-order valence-electron chi connectivity index (χ0n) is 17.6. The number of halogens is 6. The zero-order valence-corrected chi connectivity index (χ0v) is 21.4. The van der Waals surface area contributed by atoms with Gasteiger partial charge in [-0.1, -0.05) is 70.1 Å². The van der Waals surface area contributed by atoms with Crippen LogP contribution in [0.1, 0.15) is 21.9 Å². The highest BCUT2D eigenvalue weighted by atomic mass is 35.5. The summed E-state index contributed by atoms with van der Waals surface area (Å²) in [5.74, 6) is 0.186. The number of piperazine rings is 1. The summed E-state index contributed by atoms with van der Waals surface area (Å²) in [6.07, 6.45) is 0. The van der Waals surface area contributed by atoms with E-state index in [0.717, 1.165) is 5.56 Å². The van der Waals surface area contributed by atoms with Crippen LogP contribution in [0.2, 0.25) is 25.1 Å². The predicted molar refractivity (Wildman–Crippen MR) is 132 cm³/mol. The van der Waals surface area contributed by atoms with Gasteiger partial charge in [0.25, 0.3) is 5.91 Å². The molecule has 34 heavy (non-hydrogen) atoms. The average molecular weight is 567 g/mol. The minimum atomic E-state index is -0.254. The molecule has 0 spiro atoms. The Bertz CT molecular complexity index is 1180. The Hall–Kier alpha value is -1.67. The highest BCUT2D eigenvalue weighted by Crippen LogP contribution is 2.48. The average Bonchev–Trinajstić information content (AvgIpc) is 3.30. The Balaban J connectivity index is 1.34. The number of benzene rings is 2. The molecule has 0 unspecified atom stereocenters. The molecule has 3 aromatic rings. The predicted octanol–water partition coefficient (Wildman–Crippen LogP) is 7.22. The second-order valence-corrected chi connectivity index (χ2v) is 9.54. The Morgan fingerprint density at radius 3 is 2.21 bits per heavy atom. The Morgan fingerprint density at radius 1 is 0.912 bits per heavy atom. The first kappa shape index (κ1) is 25.4. The number of amides is 1. The molecule has 1 aliphatic rings. The molecular formula is C23H18Cl5FN2O3. The molecule has 180 valence electrons. The van der Waals surface area contributed by atoms with Crippen molar-refractivity contribution in [2.24, 2.45) is 0 Å². The number of hydrogen-bond donors (Lipinski definition) is 0.